The van der Waals surface area contributed by atoms with Gasteiger partial charge < -0.3 is 10.6 Å². The number of benzene rings is 2. The van der Waals surface area contributed by atoms with Crippen LogP contribution in [0.5, 0.6) is 0 Å². The largest absolute Gasteiger partial charge is 0.365 e. The normalized spacial score (nSPS) is 16.4. The summed E-state index contributed by atoms with van der Waals surface area (Å²) in [4.78, 5) is 29.6. The van der Waals surface area contributed by atoms with Gasteiger partial charge in [-0.15, -0.1) is 11.3 Å². The van der Waals surface area contributed by atoms with E-state index in [4.69, 9.17) is 5.73 Å². The molecule has 0 saturated carbocycles. The molecule has 1 fully saturated rings. The lowest BCUT2D eigenvalue weighted by Crippen LogP contribution is -2.42. The predicted octanol–water partition coefficient (Wildman–Crippen LogP) is 3.80. The van der Waals surface area contributed by atoms with Crippen molar-refractivity contribution >= 4 is 33.2 Å². The third-order valence-corrected chi connectivity index (χ3v) is 7.06. The molecule has 7 heteroatoms. The fraction of sp³-hybridized carbons (Fsp3) is 0.333. The van der Waals surface area contributed by atoms with Crippen LogP contribution in [0.3, 0.4) is 0 Å². The number of thiophene rings is 1. The topological polar surface area (TPSA) is 66.6 Å². The van der Waals surface area contributed by atoms with Crippen LogP contribution in [0.15, 0.2) is 48.5 Å². The van der Waals surface area contributed by atoms with Crippen LogP contribution in [0, 0.1) is 5.82 Å². The average molecular weight is 440 g/mol. The zero-order valence-electron chi connectivity index (χ0n) is 17.5. The highest BCUT2D eigenvalue weighted by Crippen LogP contribution is 2.34. The zero-order chi connectivity index (χ0) is 22.0. The van der Waals surface area contributed by atoms with Gasteiger partial charge in [0.05, 0.1) is 11.4 Å². The Labute approximate surface area is 185 Å². The third-order valence-electron chi connectivity index (χ3n) is 5.83. The first-order chi connectivity index (χ1) is 14.9. The number of hydrogen-bond donors (Lipinski definition) is 1. The molecular weight excluding hydrogens is 413 g/mol. The number of nitrogens with two attached hydrogens (primary N) is 1. The van der Waals surface area contributed by atoms with Crippen LogP contribution in [-0.2, 0) is 17.8 Å². The first-order valence-electron chi connectivity index (χ1n) is 10.4. The number of rotatable bonds is 7. The van der Waals surface area contributed by atoms with Gasteiger partial charge in [0, 0.05) is 23.8 Å². The lowest BCUT2D eigenvalue weighted by Gasteiger charge is -2.27. The van der Waals surface area contributed by atoms with Crippen molar-refractivity contribution in [2.24, 2.45) is 5.73 Å². The summed E-state index contributed by atoms with van der Waals surface area (Å²) in [5, 5.41) is 1.05. The van der Waals surface area contributed by atoms with Crippen LogP contribution in [-0.4, -0.2) is 47.8 Å². The highest BCUT2D eigenvalue weighted by molar-refractivity contribution is 7.21. The molecule has 1 aromatic heterocycles. The Morgan fingerprint density at radius 2 is 1.94 bits per heavy atom. The maximum absolute atomic E-state index is 13.1. The minimum Gasteiger partial charge on any atom is -0.365 e. The zero-order valence-corrected chi connectivity index (χ0v) is 18.3. The van der Waals surface area contributed by atoms with E-state index < -0.39 is 5.91 Å². The molecule has 2 heterocycles. The van der Waals surface area contributed by atoms with Crippen molar-refractivity contribution in [1.82, 2.24) is 9.80 Å². The third kappa shape index (κ3) is 4.78. The van der Waals surface area contributed by atoms with E-state index in [1.165, 1.54) is 23.5 Å². The number of hydrogen-bond acceptors (Lipinski definition) is 4. The van der Waals surface area contributed by atoms with Crippen LogP contribution in [0.2, 0.25) is 0 Å². The predicted molar refractivity (Wildman–Crippen MR) is 122 cm³/mol. The van der Waals surface area contributed by atoms with Crippen molar-refractivity contribution < 1.29 is 14.0 Å². The number of carbonyl (C=O) groups is 2. The van der Waals surface area contributed by atoms with Gasteiger partial charge >= 0.3 is 0 Å². The number of amides is 2. The Morgan fingerprint density at radius 1 is 1.19 bits per heavy atom. The Balaban J connectivity index is 1.46. The molecule has 3 aromatic rings. The number of carbonyl (C=O) groups excluding carboxylic acids is 2. The second kappa shape index (κ2) is 9.16. The molecular formula is C24H26FN3O2S. The van der Waals surface area contributed by atoms with E-state index >= 15 is 0 Å². The van der Waals surface area contributed by atoms with Gasteiger partial charge in [-0.2, -0.15) is 0 Å². The summed E-state index contributed by atoms with van der Waals surface area (Å²) in [5.41, 5.74) is 7.58. The van der Waals surface area contributed by atoms with Gasteiger partial charge in [0.2, 0.25) is 5.91 Å². The monoisotopic (exact) mass is 439 g/mol. The Hall–Kier alpha value is -2.77. The van der Waals surface area contributed by atoms with Crippen molar-refractivity contribution in [3.05, 3.63) is 70.4 Å². The SMILES string of the molecule is CN(CC(=O)N1CCCC1Cc1c(C(N)=O)sc2ccccc12)Cc1ccc(F)cc1. The van der Waals surface area contributed by atoms with Crippen molar-refractivity contribution in [2.75, 3.05) is 20.1 Å². The fourth-order valence-corrected chi connectivity index (χ4v) is 5.48. The summed E-state index contributed by atoms with van der Waals surface area (Å²) in [5.74, 6) is -0.600. The standard InChI is InChI=1S/C24H26FN3O2S/c1-27(14-16-8-10-17(25)11-9-16)15-22(29)28-12-4-5-18(28)13-20-19-6-2-3-7-21(19)31-23(20)24(26)30/h2-3,6-11,18H,4-5,12-15H2,1H3,(H2,26,30). The first-order valence-corrected chi connectivity index (χ1v) is 11.3. The maximum Gasteiger partial charge on any atom is 0.259 e. The number of nitrogens with zero attached hydrogens (tertiary/aromatic N) is 2. The maximum atomic E-state index is 13.1. The highest BCUT2D eigenvalue weighted by Gasteiger charge is 2.31. The molecule has 1 saturated heterocycles. The molecule has 5 nitrogen and oxygen atoms in total. The summed E-state index contributed by atoms with van der Waals surface area (Å²) < 4.78 is 14.2. The summed E-state index contributed by atoms with van der Waals surface area (Å²) in [6.07, 6.45) is 2.50. The van der Waals surface area contributed by atoms with Crippen molar-refractivity contribution in [2.45, 2.75) is 31.8 Å². The molecule has 1 unspecified atom stereocenters. The molecule has 1 atom stereocenters. The van der Waals surface area contributed by atoms with Crippen LogP contribution in [0.1, 0.15) is 33.6 Å². The number of halogens is 1. The Kier molecular flexibility index (Phi) is 6.34. The summed E-state index contributed by atoms with van der Waals surface area (Å²) in [6.45, 7) is 1.59. The molecule has 2 N–H and O–H groups in total. The lowest BCUT2D eigenvalue weighted by atomic mass is 10.0. The highest BCUT2D eigenvalue weighted by atomic mass is 32.1. The van der Waals surface area contributed by atoms with E-state index in [1.807, 2.05) is 41.1 Å². The van der Waals surface area contributed by atoms with Gasteiger partial charge in [0.25, 0.3) is 5.91 Å². The fourth-order valence-electron chi connectivity index (χ4n) is 4.39. The van der Waals surface area contributed by atoms with Gasteiger partial charge in [0.15, 0.2) is 0 Å². The second-order valence-electron chi connectivity index (χ2n) is 8.16. The molecule has 1 aliphatic heterocycles. The van der Waals surface area contributed by atoms with Crippen molar-refractivity contribution in [3.63, 3.8) is 0 Å². The van der Waals surface area contributed by atoms with E-state index in [0.29, 0.717) is 24.4 Å². The van der Waals surface area contributed by atoms with E-state index in [-0.39, 0.29) is 17.8 Å². The number of fused-ring (bicyclic) bond motifs is 1. The minimum absolute atomic E-state index is 0.0582. The van der Waals surface area contributed by atoms with Crippen molar-refractivity contribution in [3.8, 4) is 0 Å². The van der Waals surface area contributed by atoms with Gasteiger partial charge in [-0.1, -0.05) is 30.3 Å². The number of likely N-dealkylation sites (N-methyl/N-ethyl adjacent to an activating group) is 1. The van der Waals surface area contributed by atoms with Crippen LogP contribution < -0.4 is 5.73 Å². The molecule has 0 bridgehead atoms. The van der Waals surface area contributed by atoms with E-state index in [0.717, 1.165) is 40.6 Å². The average Bonchev–Trinajstić information content (AvgIpc) is 3.35. The Morgan fingerprint density at radius 3 is 2.68 bits per heavy atom. The smallest absolute Gasteiger partial charge is 0.259 e. The molecule has 0 spiro atoms. The summed E-state index contributed by atoms with van der Waals surface area (Å²) >= 11 is 1.42. The first kappa shape index (κ1) is 21.5. The van der Waals surface area contributed by atoms with E-state index in [1.54, 1.807) is 12.1 Å². The molecule has 0 radical (unpaired) electrons. The van der Waals surface area contributed by atoms with Gasteiger partial charge in [0.1, 0.15) is 5.82 Å². The van der Waals surface area contributed by atoms with Crippen LogP contribution in [0.4, 0.5) is 4.39 Å². The summed E-state index contributed by atoms with van der Waals surface area (Å²) in [7, 11) is 1.89. The molecule has 0 aliphatic carbocycles. The molecule has 31 heavy (non-hydrogen) atoms. The number of primary amides is 1. The van der Waals surface area contributed by atoms with Gasteiger partial charge in [-0.25, -0.2) is 4.39 Å². The van der Waals surface area contributed by atoms with Crippen LogP contribution >= 0.6 is 11.3 Å². The van der Waals surface area contributed by atoms with Gasteiger partial charge in [-0.3, -0.25) is 14.5 Å². The Bertz CT molecular complexity index is 1100. The van der Waals surface area contributed by atoms with Crippen LogP contribution in [0.25, 0.3) is 10.1 Å². The molecule has 4 rings (SSSR count). The quantitative estimate of drug-likeness (QED) is 0.609. The number of likely N-dealkylation sites (tertiary alicyclic amines) is 1. The molecule has 2 amide bonds. The molecule has 162 valence electrons. The van der Waals surface area contributed by atoms with Crippen molar-refractivity contribution in [1.29, 1.82) is 0 Å². The lowest BCUT2D eigenvalue weighted by molar-refractivity contribution is -0.133. The minimum atomic E-state index is -0.411. The summed E-state index contributed by atoms with van der Waals surface area (Å²) in [6, 6.07) is 14.3. The van der Waals surface area contributed by atoms with Gasteiger partial charge in [-0.05, 0) is 61.0 Å². The molecule has 2 aromatic carbocycles. The van der Waals surface area contributed by atoms with E-state index in [9.17, 15) is 14.0 Å². The van der Waals surface area contributed by atoms with E-state index in [2.05, 4.69) is 0 Å². The second-order valence-corrected chi connectivity index (χ2v) is 9.21. The molecule has 1 aliphatic rings.